The number of fused-ring (bicyclic) bond motifs is 2. The van der Waals surface area contributed by atoms with Crippen molar-refractivity contribution in [1.29, 1.82) is 0 Å². The standard InChI is InChI=1S/C20H27NO5/c1-12(16-9-13-4-5-14(16)8-13)21-20(23)15-6-7-17(18(10-15)24-2)26-11-19(22)25-3/h6-7,10,12-14,16H,4-5,8-9,11H2,1-3H3,(H,21,23)/t12-,13+,14+,16+/m0/s1. The topological polar surface area (TPSA) is 73.9 Å². The Balaban J connectivity index is 1.62. The summed E-state index contributed by atoms with van der Waals surface area (Å²) in [6.07, 6.45) is 5.21. The van der Waals surface area contributed by atoms with Gasteiger partial charge in [0.15, 0.2) is 18.1 Å². The van der Waals surface area contributed by atoms with Crippen LogP contribution in [0.15, 0.2) is 18.2 Å². The highest BCUT2D eigenvalue weighted by molar-refractivity contribution is 5.95. The number of carbonyl (C=O) groups is 2. The number of hydrogen-bond acceptors (Lipinski definition) is 5. The molecular weight excluding hydrogens is 334 g/mol. The van der Waals surface area contributed by atoms with E-state index in [2.05, 4.69) is 17.0 Å². The molecule has 6 heteroatoms. The van der Waals surface area contributed by atoms with Crippen LogP contribution in [0.25, 0.3) is 0 Å². The van der Waals surface area contributed by atoms with E-state index in [0.29, 0.717) is 23.0 Å². The van der Waals surface area contributed by atoms with Gasteiger partial charge in [0.2, 0.25) is 0 Å². The van der Waals surface area contributed by atoms with E-state index < -0.39 is 5.97 Å². The minimum atomic E-state index is -0.478. The second kappa shape index (κ2) is 7.98. The molecule has 1 aromatic carbocycles. The molecule has 2 bridgehead atoms. The number of ether oxygens (including phenoxy) is 3. The first-order valence-corrected chi connectivity index (χ1v) is 9.20. The van der Waals surface area contributed by atoms with Crippen LogP contribution in [0.4, 0.5) is 0 Å². The van der Waals surface area contributed by atoms with Crippen molar-refractivity contribution in [2.45, 2.75) is 38.6 Å². The molecule has 0 unspecified atom stereocenters. The van der Waals surface area contributed by atoms with Crippen LogP contribution in [0.1, 0.15) is 43.0 Å². The maximum atomic E-state index is 12.6. The largest absolute Gasteiger partial charge is 0.493 e. The van der Waals surface area contributed by atoms with Gasteiger partial charge in [0.1, 0.15) is 0 Å². The van der Waals surface area contributed by atoms with Crippen LogP contribution in [0, 0.1) is 17.8 Å². The minimum absolute atomic E-state index is 0.113. The summed E-state index contributed by atoms with van der Waals surface area (Å²) >= 11 is 0. The predicted molar refractivity (Wildman–Crippen MR) is 96.4 cm³/mol. The number of methoxy groups -OCH3 is 2. The molecule has 0 aliphatic heterocycles. The van der Waals surface area contributed by atoms with Crippen molar-refractivity contribution in [3.8, 4) is 11.5 Å². The van der Waals surface area contributed by atoms with Gasteiger partial charge in [0.25, 0.3) is 5.91 Å². The summed E-state index contributed by atoms with van der Waals surface area (Å²) in [7, 11) is 2.80. The number of amides is 1. The van der Waals surface area contributed by atoms with Crippen LogP contribution in [0.3, 0.4) is 0 Å². The molecule has 0 spiro atoms. The zero-order valence-corrected chi connectivity index (χ0v) is 15.6. The first kappa shape index (κ1) is 18.5. The summed E-state index contributed by atoms with van der Waals surface area (Å²) in [4.78, 5) is 23.8. The second-order valence-electron chi connectivity index (χ2n) is 7.33. The number of nitrogens with one attached hydrogen (secondary N) is 1. The SMILES string of the molecule is COC(=O)COc1ccc(C(=O)N[C@@H](C)[C@H]2C[C@@H]3CC[C@@H]2C3)cc1OC. The molecule has 2 fully saturated rings. The molecule has 0 heterocycles. The quantitative estimate of drug-likeness (QED) is 0.756. The van der Waals surface area contributed by atoms with Crippen LogP contribution < -0.4 is 14.8 Å². The summed E-state index contributed by atoms with van der Waals surface area (Å²) < 4.78 is 15.2. The minimum Gasteiger partial charge on any atom is -0.493 e. The van der Waals surface area contributed by atoms with Crippen molar-refractivity contribution in [3.63, 3.8) is 0 Å². The maximum absolute atomic E-state index is 12.6. The molecule has 142 valence electrons. The molecule has 2 aliphatic rings. The molecule has 6 nitrogen and oxygen atoms in total. The van der Waals surface area contributed by atoms with Crippen LogP contribution in [-0.2, 0) is 9.53 Å². The van der Waals surface area contributed by atoms with Crippen LogP contribution in [0.2, 0.25) is 0 Å². The van der Waals surface area contributed by atoms with Crippen LogP contribution in [-0.4, -0.2) is 38.7 Å². The van der Waals surface area contributed by atoms with Crippen molar-refractivity contribution >= 4 is 11.9 Å². The molecule has 1 amide bonds. The Morgan fingerprint density at radius 2 is 2.00 bits per heavy atom. The molecule has 0 aromatic heterocycles. The lowest BCUT2D eigenvalue weighted by Gasteiger charge is -2.28. The average molecular weight is 361 g/mol. The lowest BCUT2D eigenvalue weighted by molar-refractivity contribution is -0.142. The molecule has 0 radical (unpaired) electrons. The summed E-state index contributed by atoms with van der Waals surface area (Å²) in [5.74, 6) is 2.42. The summed E-state index contributed by atoms with van der Waals surface area (Å²) in [5.41, 5.74) is 0.516. The van der Waals surface area contributed by atoms with Crippen LogP contribution >= 0.6 is 0 Å². The fourth-order valence-electron chi connectivity index (χ4n) is 4.43. The van der Waals surface area contributed by atoms with E-state index in [1.165, 1.54) is 39.9 Å². The summed E-state index contributed by atoms with van der Waals surface area (Å²) in [6.45, 7) is 1.90. The van der Waals surface area contributed by atoms with Gasteiger partial charge in [-0.3, -0.25) is 4.79 Å². The van der Waals surface area contributed by atoms with Crippen LogP contribution in [0.5, 0.6) is 11.5 Å². The fraction of sp³-hybridized carbons (Fsp3) is 0.600. The average Bonchev–Trinajstić information content (AvgIpc) is 3.29. The molecule has 3 rings (SSSR count). The zero-order chi connectivity index (χ0) is 18.7. The molecule has 1 aromatic rings. The highest BCUT2D eigenvalue weighted by atomic mass is 16.6. The number of esters is 1. The van der Waals surface area contributed by atoms with Gasteiger partial charge in [-0.05, 0) is 62.1 Å². The normalized spacial score (nSPS) is 24.8. The molecule has 0 saturated heterocycles. The molecule has 2 saturated carbocycles. The lowest BCUT2D eigenvalue weighted by atomic mass is 9.84. The summed E-state index contributed by atoms with van der Waals surface area (Å²) in [5, 5.41) is 3.14. The molecule has 2 aliphatic carbocycles. The Bertz CT molecular complexity index is 674. The van der Waals surface area contributed by atoms with E-state index in [1.807, 2.05) is 0 Å². The first-order chi connectivity index (χ1) is 12.5. The van der Waals surface area contributed by atoms with Gasteiger partial charge in [-0.1, -0.05) is 6.42 Å². The van der Waals surface area contributed by atoms with Gasteiger partial charge in [-0.2, -0.15) is 0 Å². The monoisotopic (exact) mass is 361 g/mol. The van der Waals surface area contributed by atoms with E-state index in [9.17, 15) is 9.59 Å². The van der Waals surface area contributed by atoms with Crippen molar-refractivity contribution in [2.24, 2.45) is 17.8 Å². The van der Waals surface area contributed by atoms with Crippen molar-refractivity contribution in [2.75, 3.05) is 20.8 Å². The maximum Gasteiger partial charge on any atom is 0.343 e. The number of benzene rings is 1. The Morgan fingerprint density at radius 1 is 1.19 bits per heavy atom. The second-order valence-corrected chi connectivity index (χ2v) is 7.33. The van der Waals surface area contributed by atoms with Gasteiger partial charge in [0.05, 0.1) is 14.2 Å². The third kappa shape index (κ3) is 3.94. The highest BCUT2D eigenvalue weighted by Crippen LogP contribution is 2.49. The Kier molecular flexibility index (Phi) is 5.69. The van der Waals surface area contributed by atoms with Crippen molar-refractivity contribution < 1.29 is 23.8 Å². The lowest BCUT2D eigenvalue weighted by Crippen LogP contribution is -2.40. The Morgan fingerprint density at radius 3 is 2.62 bits per heavy atom. The van der Waals surface area contributed by atoms with Gasteiger partial charge >= 0.3 is 5.97 Å². The van der Waals surface area contributed by atoms with E-state index in [4.69, 9.17) is 9.47 Å². The molecule has 1 N–H and O–H groups in total. The number of carbonyl (C=O) groups excluding carboxylic acids is 2. The van der Waals surface area contributed by atoms with E-state index in [1.54, 1.807) is 18.2 Å². The smallest absolute Gasteiger partial charge is 0.343 e. The third-order valence-corrected chi connectivity index (χ3v) is 5.79. The van der Waals surface area contributed by atoms with Gasteiger partial charge in [0, 0.05) is 11.6 Å². The Labute approximate surface area is 154 Å². The molecular formula is C20H27NO5. The van der Waals surface area contributed by atoms with E-state index >= 15 is 0 Å². The van der Waals surface area contributed by atoms with Crippen molar-refractivity contribution in [1.82, 2.24) is 5.32 Å². The van der Waals surface area contributed by atoms with E-state index in [0.717, 1.165) is 11.8 Å². The first-order valence-electron chi connectivity index (χ1n) is 9.20. The third-order valence-electron chi connectivity index (χ3n) is 5.79. The zero-order valence-electron chi connectivity index (χ0n) is 15.6. The van der Waals surface area contributed by atoms with E-state index in [-0.39, 0.29) is 18.6 Å². The summed E-state index contributed by atoms with van der Waals surface area (Å²) in [6, 6.07) is 5.12. The Hall–Kier alpha value is -2.24. The van der Waals surface area contributed by atoms with Gasteiger partial charge in [-0.25, -0.2) is 4.79 Å². The number of rotatable bonds is 7. The molecule has 4 atom stereocenters. The van der Waals surface area contributed by atoms with Gasteiger partial charge < -0.3 is 19.5 Å². The fourth-order valence-corrected chi connectivity index (χ4v) is 4.43. The molecule has 26 heavy (non-hydrogen) atoms. The van der Waals surface area contributed by atoms with Gasteiger partial charge in [-0.15, -0.1) is 0 Å². The predicted octanol–water partition coefficient (Wildman–Crippen LogP) is 2.80. The number of hydrogen-bond donors (Lipinski definition) is 1. The van der Waals surface area contributed by atoms with Crippen molar-refractivity contribution in [3.05, 3.63) is 23.8 Å². The highest BCUT2D eigenvalue weighted by Gasteiger charge is 2.42.